The molecule has 7 nitrogen and oxygen atoms in total. The number of ether oxygens (including phenoxy) is 1. The van der Waals surface area contributed by atoms with E-state index < -0.39 is 15.4 Å². The van der Waals surface area contributed by atoms with Crippen LogP contribution in [0, 0.1) is 0 Å². The van der Waals surface area contributed by atoms with Gasteiger partial charge in [0.2, 0.25) is 15.9 Å². The van der Waals surface area contributed by atoms with Crippen molar-refractivity contribution in [3.8, 4) is 17.0 Å². The minimum atomic E-state index is -3.24. The Morgan fingerprint density at radius 1 is 1.09 bits per heavy atom. The molecule has 1 fully saturated rings. The number of hydrogen-bond acceptors (Lipinski definition) is 5. The highest BCUT2D eigenvalue weighted by atomic mass is 32.2. The molecule has 32 heavy (non-hydrogen) atoms. The molecule has 0 aliphatic heterocycles. The summed E-state index contributed by atoms with van der Waals surface area (Å²) in [4.78, 5) is 17.7. The molecule has 0 radical (unpaired) electrons. The number of nitrogens with zero attached hydrogens (tertiary/aromatic N) is 1. The fourth-order valence-corrected chi connectivity index (χ4v) is 4.03. The number of pyridine rings is 1. The molecule has 4 rings (SSSR count). The lowest BCUT2D eigenvalue weighted by molar-refractivity contribution is -0.118. The van der Waals surface area contributed by atoms with Crippen LogP contribution in [-0.4, -0.2) is 32.7 Å². The second-order valence-electron chi connectivity index (χ2n) is 7.97. The molecule has 1 aliphatic carbocycles. The monoisotopic (exact) mass is 453 g/mol. The number of rotatable bonds is 8. The van der Waals surface area contributed by atoms with Gasteiger partial charge in [-0.3, -0.25) is 4.79 Å². The molecule has 0 saturated heterocycles. The SMILES string of the molecule is COc1cccc(C2(C(=O)Nc3cccc(-c4ccc(CNS(C)(=O)=O)cc4)n3)CC2)c1.[HH]. The molecule has 3 aromatic rings. The Morgan fingerprint density at radius 2 is 1.81 bits per heavy atom. The number of carbonyl (C=O) groups is 1. The molecule has 0 bridgehead atoms. The predicted molar refractivity (Wildman–Crippen MR) is 126 cm³/mol. The molecule has 1 aromatic heterocycles. The number of aromatic nitrogens is 1. The topological polar surface area (TPSA) is 97.4 Å². The van der Waals surface area contributed by atoms with Gasteiger partial charge in [-0.25, -0.2) is 18.1 Å². The number of nitrogens with one attached hydrogen (secondary N) is 2. The van der Waals surface area contributed by atoms with Crippen molar-refractivity contribution in [2.45, 2.75) is 24.8 Å². The fraction of sp³-hybridized carbons (Fsp3) is 0.250. The maximum Gasteiger partial charge on any atom is 0.236 e. The molecule has 1 aliphatic rings. The number of carbonyl (C=O) groups excluding carboxylic acids is 1. The average Bonchev–Trinajstić information content (AvgIpc) is 3.60. The number of hydrogen-bond donors (Lipinski definition) is 2. The van der Waals surface area contributed by atoms with Crippen molar-refractivity contribution in [2.75, 3.05) is 18.7 Å². The number of sulfonamides is 1. The van der Waals surface area contributed by atoms with E-state index in [1.807, 2.05) is 60.7 Å². The smallest absolute Gasteiger partial charge is 0.236 e. The van der Waals surface area contributed by atoms with Gasteiger partial charge in [0.1, 0.15) is 11.6 Å². The first kappa shape index (κ1) is 22.0. The van der Waals surface area contributed by atoms with Crippen LogP contribution in [0.15, 0.2) is 66.7 Å². The molecule has 2 aromatic carbocycles. The van der Waals surface area contributed by atoms with Crippen molar-refractivity contribution < 1.29 is 19.4 Å². The summed E-state index contributed by atoms with van der Waals surface area (Å²) in [7, 11) is -1.63. The highest BCUT2D eigenvalue weighted by molar-refractivity contribution is 7.88. The molecule has 0 spiro atoms. The van der Waals surface area contributed by atoms with Crippen molar-refractivity contribution in [3.05, 3.63) is 77.9 Å². The van der Waals surface area contributed by atoms with Crippen LogP contribution in [0.2, 0.25) is 0 Å². The molecule has 1 heterocycles. The summed E-state index contributed by atoms with van der Waals surface area (Å²) in [6.45, 7) is 0.231. The van der Waals surface area contributed by atoms with Crippen LogP contribution in [-0.2, 0) is 26.8 Å². The van der Waals surface area contributed by atoms with Crippen molar-refractivity contribution in [1.82, 2.24) is 9.71 Å². The first-order valence-electron chi connectivity index (χ1n) is 10.3. The van der Waals surface area contributed by atoms with Crippen molar-refractivity contribution in [1.29, 1.82) is 0 Å². The summed E-state index contributed by atoms with van der Waals surface area (Å²) in [6, 6.07) is 20.6. The van der Waals surface area contributed by atoms with Gasteiger partial charge < -0.3 is 10.1 Å². The van der Waals surface area contributed by atoms with Gasteiger partial charge in [0, 0.05) is 13.5 Å². The second-order valence-corrected chi connectivity index (χ2v) is 9.80. The van der Waals surface area contributed by atoms with Gasteiger partial charge in [0.05, 0.1) is 24.5 Å². The Morgan fingerprint density at radius 3 is 2.47 bits per heavy atom. The Hall–Kier alpha value is -3.23. The van der Waals surface area contributed by atoms with Crippen LogP contribution < -0.4 is 14.8 Å². The zero-order valence-corrected chi connectivity index (χ0v) is 18.8. The Bertz CT molecular complexity index is 1240. The highest BCUT2D eigenvalue weighted by Gasteiger charge is 2.51. The van der Waals surface area contributed by atoms with Gasteiger partial charge in [-0.15, -0.1) is 0 Å². The predicted octanol–water partition coefficient (Wildman–Crippen LogP) is 3.72. The summed E-state index contributed by atoms with van der Waals surface area (Å²) in [5.41, 5.74) is 2.84. The van der Waals surface area contributed by atoms with Crippen LogP contribution in [0.3, 0.4) is 0 Å². The highest BCUT2D eigenvalue weighted by Crippen LogP contribution is 2.49. The van der Waals surface area contributed by atoms with Gasteiger partial charge in [0.25, 0.3) is 0 Å². The molecule has 8 heteroatoms. The maximum atomic E-state index is 13.1. The van der Waals surface area contributed by atoms with Crippen LogP contribution in [0.25, 0.3) is 11.3 Å². The normalized spacial score (nSPS) is 14.6. The summed E-state index contributed by atoms with van der Waals surface area (Å²) in [6.07, 6.45) is 2.70. The zero-order chi connectivity index (χ0) is 22.8. The first-order chi connectivity index (χ1) is 15.3. The van der Waals surface area contributed by atoms with Gasteiger partial charge in [-0.05, 0) is 48.2 Å². The molecular weight excluding hydrogens is 426 g/mol. The minimum absolute atomic E-state index is 0. The van der Waals surface area contributed by atoms with E-state index >= 15 is 0 Å². The Kier molecular flexibility index (Phi) is 5.99. The standard InChI is InChI=1S/C24H25N3O4S.H2/c1-31-20-6-3-5-19(15-20)24(13-14-24)23(28)27-22-8-4-7-21(26-22)18-11-9-17(10-12-18)16-25-32(2,29)30;/h3-12,15,25H,13-14,16H2,1-2H3,(H,26,27,28);1H. The molecule has 2 N–H and O–H groups in total. The van der Waals surface area contributed by atoms with E-state index in [1.165, 1.54) is 0 Å². The number of amides is 1. The van der Waals surface area contributed by atoms with Crippen molar-refractivity contribution in [3.63, 3.8) is 0 Å². The maximum absolute atomic E-state index is 13.1. The van der Waals surface area contributed by atoms with Crippen molar-refractivity contribution >= 4 is 21.7 Å². The Labute approximate surface area is 189 Å². The number of benzene rings is 2. The fourth-order valence-electron chi connectivity index (χ4n) is 3.60. The lowest BCUT2D eigenvalue weighted by atomic mass is 9.94. The van der Waals surface area contributed by atoms with Crippen LogP contribution in [0.4, 0.5) is 5.82 Å². The molecule has 1 saturated carbocycles. The van der Waals surface area contributed by atoms with E-state index in [2.05, 4.69) is 15.0 Å². The molecule has 1 amide bonds. The van der Waals surface area contributed by atoms with E-state index in [0.717, 1.165) is 47.2 Å². The third-order valence-corrected chi connectivity index (χ3v) is 6.25. The van der Waals surface area contributed by atoms with E-state index in [1.54, 1.807) is 13.2 Å². The minimum Gasteiger partial charge on any atom is -0.497 e. The van der Waals surface area contributed by atoms with Gasteiger partial charge in [-0.1, -0.05) is 42.5 Å². The molecule has 168 valence electrons. The van der Waals surface area contributed by atoms with Gasteiger partial charge >= 0.3 is 0 Å². The third kappa shape index (κ3) is 4.98. The lowest BCUT2D eigenvalue weighted by Gasteiger charge is -2.16. The number of anilines is 1. The first-order valence-corrected chi connectivity index (χ1v) is 12.2. The molecule has 0 atom stereocenters. The van der Waals surface area contributed by atoms with E-state index in [-0.39, 0.29) is 13.9 Å². The van der Waals surface area contributed by atoms with Crippen molar-refractivity contribution in [2.24, 2.45) is 0 Å². The second kappa shape index (κ2) is 8.72. The molecular formula is C24H27N3O4S. The largest absolute Gasteiger partial charge is 0.497 e. The number of methoxy groups -OCH3 is 1. The average molecular weight is 454 g/mol. The van der Waals surface area contributed by atoms with E-state index in [4.69, 9.17) is 4.74 Å². The van der Waals surface area contributed by atoms with Crippen LogP contribution in [0.1, 0.15) is 25.4 Å². The third-order valence-electron chi connectivity index (χ3n) is 5.59. The van der Waals surface area contributed by atoms with E-state index in [0.29, 0.717) is 5.82 Å². The van der Waals surface area contributed by atoms with Gasteiger partial charge in [0.15, 0.2) is 0 Å². The summed E-state index contributed by atoms with van der Waals surface area (Å²) in [5.74, 6) is 1.15. The van der Waals surface area contributed by atoms with Crippen LogP contribution in [0.5, 0.6) is 5.75 Å². The van der Waals surface area contributed by atoms with Crippen LogP contribution >= 0.6 is 0 Å². The van der Waals surface area contributed by atoms with E-state index in [9.17, 15) is 13.2 Å². The zero-order valence-electron chi connectivity index (χ0n) is 18.0. The summed E-state index contributed by atoms with van der Waals surface area (Å²) in [5, 5.41) is 2.97. The Balaban J connectivity index is 0.00000306. The van der Waals surface area contributed by atoms with Gasteiger partial charge in [-0.2, -0.15) is 0 Å². The summed E-state index contributed by atoms with van der Waals surface area (Å²) >= 11 is 0. The summed E-state index contributed by atoms with van der Waals surface area (Å²) < 4.78 is 30.3. The lowest BCUT2D eigenvalue weighted by Crippen LogP contribution is -2.28. The molecule has 0 unspecified atom stereocenters. The quantitative estimate of drug-likeness (QED) is 0.542.